The number of rotatable bonds is 6. The van der Waals surface area contributed by atoms with E-state index in [2.05, 4.69) is 191 Å². The number of nitrogens with zero attached hydrogens (tertiary/aromatic N) is 1. The molecule has 0 aliphatic carbocycles. The molecule has 246 valence electrons. The van der Waals surface area contributed by atoms with E-state index in [0.29, 0.717) is 0 Å². The zero-order valence-corrected chi connectivity index (χ0v) is 31.3. The summed E-state index contributed by atoms with van der Waals surface area (Å²) in [6.07, 6.45) is 0. The van der Waals surface area contributed by atoms with Crippen LogP contribution in [0, 0.1) is 41.5 Å². The normalized spacial score (nSPS) is 11.0. The maximum absolute atomic E-state index is 2.43. The van der Waals surface area contributed by atoms with Crippen LogP contribution in [0.3, 0.4) is 0 Å². The SMILES string of the molecule is Cc1cc(C)c(B(c2c(C)cc(C)cc2C)c2sc(N(c3ccccc3)c3ccccc3)c3ccccc23)c(C)c1.c1ccc2cscc2c1. The quantitative estimate of drug-likeness (QED) is 0.158. The average Bonchev–Trinajstić information content (AvgIpc) is 3.74. The van der Waals surface area contributed by atoms with Gasteiger partial charge in [-0.15, -0.1) is 11.3 Å². The Morgan fingerprint density at radius 1 is 0.460 bits per heavy atom. The standard InChI is InChI=1S/C38H36BNS.C8H6S/c1-25-21-27(3)35(28(4)22-25)39(36-29(5)23-26(2)24-30(36)6)37-33-19-13-14-20-34(33)38(41-37)40(31-15-9-7-10-16-31)32-17-11-8-12-18-32;1-2-4-8-6-9-5-7(8)3-1/h7-24H,1-6H3;1-6H. The van der Waals surface area contributed by atoms with E-state index < -0.39 is 0 Å². The fourth-order valence-electron chi connectivity index (χ4n) is 7.62. The molecular weight excluding hydrogens is 641 g/mol. The van der Waals surface area contributed by atoms with Crippen LogP contribution in [0.4, 0.5) is 16.4 Å². The van der Waals surface area contributed by atoms with Crippen molar-refractivity contribution in [2.75, 3.05) is 4.90 Å². The molecule has 0 spiro atoms. The molecule has 0 amide bonds. The van der Waals surface area contributed by atoms with Gasteiger partial charge in [-0.25, -0.2) is 0 Å². The van der Waals surface area contributed by atoms with Gasteiger partial charge in [-0.3, -0.25) is 0 Å². The first kappa shape index (κ1) is 33.6. The lowest BCUT2D eigenvalue weighted by atomic mass is 9.36. The van der Waals surface area contributed by atoms with Crippen LogP contribution >= 0.6 is 22.7 Å². The maximum Gasteiger partial charge on any atom is 0.255 e. The number of para-hydroxylation sites is 2. The molecule has 0 aliphatic rings. The first-order valence-electron chi connectivity index (χ1n) is 17.3. The Morgan fingerprint density at radius 3 is 1.32 bits per heavy atom. The minimum Gasteiger partial charge on any atom is -0.301 e. The summed E-state index contributed by atoms with van der Waals surface area (Å²) < 4.78 is 1.40. The van der Waals surface area contributed by atoms with Crippen LogP contribution in [0.5, 0.6) is 0 Å². The summed E-state index contributed by atoms with van der Waals surface area (Å²) in [4.78, 5) is 2.43. The van der Waals surface area contributed by atoms with E-state index in [1.165, 1.54) is 87.0 Å². The molecule has 8 aromatic rings. The molecule has 6 aromatic carbocycles. The molecule has 0 atom stereocenters. The molecule has 0 aliphatic heterocycles. The number of aryl methyl sites for hydroxylation is 6. The molecule has 0 bridgehead atoms. The summed E-state index contributed by atoms with van der Waals surface area (Å²) in [6, 6.07) is 48.3. The third-order valence-corrected chi connectivity index (χ3v) is 11.6. The van der Waals surface area contributed by atoms with Crippen LogP contribution in [-0.4, -0.2) is 6.71 Å². The van der Waals surface area contributed by atoms with E-state index in [0.717, 1.165) is 0 Å². The Labute approximate surface area is 305 Å². The molecule has 0 fully saturated rings. The van der Waals surface area contributed by atoms with Crippen molar-refractivity contribution in [1.29, 1.82) is 0 Å². The lowest BCUT2D eigenvalue weighted by Crippen LogP contribution is -2.55. The molecule has 8 rings (SSSR count). The summed E-state index contributed by atoms with van der Waals surface area (Å²) in [5.41, 5.74) is 13.2. The predicted octanol–water partition coefficient (Wildman–Crippen LogP) is 11.6. The van der Waals surface area contributed by atoms with E-state index in [4.69, 9.17) is 0 Å². The summed E-state index contributed by atoms with van der Waals surface area (Å²) in [5.74, 6) is 0. The predicted molar refractivity (Wildman–Crippen MR) is 224 cm³/mol. The van der Waals surface area contributed by atoms with Gasteiger partial charge in [0.2, 0.25) is 0 Å². The van der Waals surface area contributed by atoms with E-state index in [-0.39, 0.29) is 6.71 Å². The largest absolute Gasteiger partial charge is 0.301 e. The molecule has 0 radical (unpaired) electrons. The molecule has 0 saturated heterocycles. The van der Waals surface area contributed by atoms with Crippen molar-refractivity contribution >= 4 is 83.0 Å². The summed E-state index contributed by atoms with van der Waals surface area (Å²) in [6.45, 7) is 13.7. The Kier molecular flexibility index (Phi) is 9.76. The van der Waals surface area contributed by atoms with Gasteiger partial charge in [0.1, 0.15) is 5.00 Å². The highest BCUT2D eigenvalue weighted by molar-refractivity contribution is 7.32. The number of benzene rings is 6. The third kappa shape index (κ3) is 6.66. The van der Waals surface area contributed by atoms with Crippen LogP contribution in [0.1, 0.15) is 33.4 Å². The zero-order valence-electron chi connectivity index (χ0n) is 29.7. The van der Waals surface area contributed by atoms with Crippen LogP contribution in [-0.2, 0) is 0 Å². The zero-order chi connectivity index (χ0) is 34.8. The van der Waals surface area contributed by atoms with Gasteiger partial charge in [0, 0.05) is 16.8 Å². The van der Waals surface area contributed by atoms with Crippen LogP contribution < -0.4 is 20.6 Å². The molecule has 4 heteroatoms. The van der Waals surface area contributed by atoms with Crippen LogP contribution in [0.2, 0.25) is 0 Å². The minimum absolute atomic E-state index is 0.133. The van der Waals surface area contributed by atoms with Crippen molar-refractivity contribution in [1.82, 2.24) is 0 Å². The topological polar surface area (TPSA) is 3.24 Å². The molecule has 2 aromatic heterocycles. The molecule has 0 saturated carbocycles. The van der Waals surface area contributed by atoms with Gasteiger partial charge in [0.25, 0.3) is 6.71 Å². The van der Waals surface area contributed by atoms with E-state index in [1.807, 2.05) is 11.3 Å². The fraction of sp³-hybridized carbons (Fsp3) is 0.130. The van der Waals surface area contributed by atoms with E-state index >= 15 is 0 Å². The van der Waals surface area contributed by atoms with Crippen molar-refractivity contribution in [3.05, 3.63) is 178 Å². The van der Waals surface area contributed by atoms with E-state index in [1.54, 1.807) is 11.3 Å². The number of hydrogen-bond acceptors (Lipinski definition) is 3. The van der Waals surface area contributed by atoms with Gasteiger partial charge in [-0.05, 0) is 97.5 Å². The van der Waals surface area contributed by atoms with Gasteiger partial charge >= 0.3 is 0 Å². The van der Waals surface area contributed by atoms with Gasteiger partial charge in [0.05, 0.1) is 0 Å². The number of thiophene rings is 2. The van der Waals surface area contributed by atoms with Gasteiger partial charge in [-0.2, -0.15) is 11.3 Å². The second-order valence-electron chi connectivity index (χ2n) is 13.4. The highest BCUT2D eigenvalue weighted by Gasteiger charge is 2.33. The molecule has 0 unspecified atom stereocenters. The Bertz CT molecular complexity index is 2230. The van der Waals surface area contributed by atoms with Gasteiger partial charge in [-0.1, -0.05) is 154 Å². The smallest absolute Gasteiger partial charge is 0.255 e. The summed E-state index contributed by atoms with van der Waals surface area (Å²) >= 11 is 3.69. The Morgan fingerprint density at radius 2 is 0.860 bits per heavy atom. The Hall–Kier alpha value is -4.90. The average molecular weight is 684 g/mol. The van der Waals surface area contributed by atoms with Crippen molar-refractivity contribution in [3.8, 4) is 0 Å². The van der Waals surface area contributed by atoms with Crippen molar-refractivity contribution in [2.24, 2.45) is 0 Å². The maximum atomic E-state index is 2.43. The molecule has 1 nitrogen and oxygen atoms in total. The highest BCUT2D eigenvalue weighted by Crippen LogP contribution is 2.42. The summed E-state index contributed by atoms with van der Waals surface area (Å²) in [5, 5.41) is 10.9. The number of hydrogen-bond donors (Lipinski definition) is 0. The molecule has 0 N–H and O–H groups in total. The van der Waals surface area contributed by atoms with Gasteiger partial charge < -0.3 is 4.90 Å². The summed E-state index contributed by atoms with van der Waals surface area (Å²) in [7, 11) is 0. The van der Waals surface area contributed by atoms with Crippen LogP contribution in [0.25, 0.3) is 21.5 Å². The van der Waals surface area contributed by atoms with Crippen molar-refractivity contribution < 1.29 is 0 Å². The van der Waals surface area contributed by atoms with E-state index in [9.17, 15) is 0 Å². The number of fused-ring (bicyclic) bond motifs is 2. The first-order valence-corrected chi connectivity index (χ1v) is 19.0. The van der Waals surface area contributed by atoms with Crippen LogP contribution in [0.15, 0.2) is 144 Å². The molecule has 50 heavy (non-hydrogen) atoms. The van der Waals surface area contributed by atoms with Crippen molar-refractivity contribution in [3.63, 3.8) is 0 Å². The third-order valence-electron chi connectivity index (χ3n) is 9.56. The fourth-order valence-corrected chi connectivity index (χ4v) is 9.85. The minimum atomic E-state index is 0.133. The molecular formula is C46H42BNS2. The number of anilines is 3. The lowest BCUT2D eigenvalue weighted by Gasteiger charge is -2.25. The second kappa shape index (κ2) is 14.5. The second-order valence-corrected chi connectivity index (χ2v) is 15.2. The monoisotopic (exact) mass is 683 g/mol. The Balaban J connectivity index is 0.000000375. The van der Waals surface area contributed by atoms with Gasteiger partial charge in [0.15, 0.2) is 0 Å². The van der Waals surface area contributed by atoms with Crippen molar-refractivity contribution in [2.45, 2.75) is 41.5 Å². The highest BCUT2D eigenvalue weighted by atomic mass is 32.1. The first-order chi connectivity index (χ1) is 24.3. The lowest BCUT2D eigenvalue weighted by molar-refractivity contribution is 1.33. The molecule has 2 heterocycles.